The lowest BCUT2D eigenvalue weighted by atomic mass is 9.77. The van der Waals surface area contributed by atoms with Crippen molar-refractivity contribution in [2.75, 3.05) is 20.8 Å². The van der Waals surface area contributed by atoms with Crippen LogP contribution in [0.1, 0.15) is 38.2 Å². The van der Waals surface area contributed by atoms with Crippen molar-refractivity contribution < 1.29 is 27.8 Å². The molecular weight excluding hydrogens is 384 g/mol. The van der Waals surface area contributed by atoms with Gasteiger partial charge in [-0.2, -0.15) is 8.78 Å². The van der Waals surface area contributed by atoms with E-state index in [1.165, 1.54) is 18.1 Å². The number of halogens is 2. The molecule has 0 atom stereocenters. The number of urea groups is 1. The Morgan fingerprint density at radius 3 is 2.59 bits per heavy atom. The molecule has 29 heavy (non-hydrogen) atoms. The van der Waals surface area contributed by atoms with Gasteiger partial charge in [0.2, 0.25) is 0 Å². The first kappa shape index (κ1) is 21.3. The summed E-state index contributed by atoms with van der Waals surface area (Å²) in [4.78, 5) is 28.4. The molecule has 1 saturated carbocycles. The number of nitrogens with one attached hydrogen (secondary N) is 1. The highest BCUT2D eigenvalue weighted by atomic mass is 19.3. The van der Waals surface area contributed by atoms with Gasteiger partial charge in [0, 0.05) is 6.54 Å². The van der Waals surface area contributed by atoms with Crippen molar-refractivity contribution in [2.24, 2.45) is 5.92 Å². The number of carbonyl (C=O) groups excluding carboxylic acids is 2. The normalized spacial score (nSPS) is 24.5. The molecule has 1 N–H and O–H groups in total. The summed E-state index contributed by atoms with van der Waals surface area (Å²) in [6, 6.07) is 4.36. The molecule has 0 radical (unpaired) electrons. The number of benzene rings is 1. The summed E-state index contributed by atoms with van der Waals surface area (Å²) in [6.07, 6.45) is 3.14. The number of hydrogen-bond acceptors (Lipinski definition) is 5. The number of alkyl halides is 2. The third kappa shape index (κ3) is 4.60. The standard InChI is InChI=1S/C20H27F2N3O4/c1-13-6-8-20(9-7-13)17(26)25(19(27)23-20)12-24(2)11-14-4-5-15(28-3)16(10-14)29-18(21)22/h4-5,10,13,18H,6-9,11-12H2,1-3H3,(H,23,27). The molecule has 1 aromatic carbocycles. The van der Waals surface area contributed by atoms with Crippen LogP contribution in [0.5, 0.6) is 11.5 Å². The molecule has 3 amide bonds. The predicted octanol–water partition coefficient (Wildman–Crippen LogP) is 3.19. The molecule has 9 heteroatoms. The molecule has 1 heterocycles. The SMILES string of the molecule is COc1ccc(CN(C)CN2C(=O)NC3(CCC(C)CC3)C2=O)cc1OC(F)F. The average molecular weight is 411 g/mol. The Bertz CT molecular complexity index is 766. The quantitative estimate of drug-likeness (QED) is 0.698. The van der Waals surface area contributed by atoms with E-state index in [1.807, 2.05) is 0 Å². The van der Waals surface area contributed by atoms with Crippen LogP contribution in [-0.2, 0) is 11.3 Å². The fourth-order valence-electron chi connectivity index (χ4n) is 4.01. The molecule has 1 spiro atoms. The smallest absolute Gasteiger partial charge is 0.387 e. The Morgan fingerprint density at radius 1 is 1.28 bits per heavy atom. The van der Waals surface area contributed by atoms with E-state index in [2.05, 4.69) is 17.0 Å². The molecular formula is C20H27F2N3O4. The molecule has 1 saturated heterocycles. The van der Waals surface area contributed by atoms with Gasteiger partial charge in [-0.1, -0.05) is 13.0 Å². The Morgan fingerprint density at radius 2 is 1.97 bits per heavy atom. The summed E-state index contributed by atoms with van der Waals surface area (Å²) in [6.45, 7) is -0.359. The number of nitrogens with zero attached hydrogens (tertiary/aromatic N) is 2. The molecule has 2 fully saturated rings. The van der Waals surface area contributed by atoms with Crippen molar-refractivity contribution >= 4 is 11.9 Å². The average Bonchev–Trinajstić information content (AvgIpc) is 2.88. The molecule has 7 nitrogen and oxygen atoms in total. The maximum absolute atomic E-state index is 12.9. The van der Waals surface area contributed by atoms with Crippen molar-refractivity contribution in [3.8, 4) is 11.5 Å². The number of carbonyl (C=O) groups is 2. The second kappa shape index (κ2) is 8.52. The Hall–Kier alpha value is -2.42. The molecule has 2 aliphatic rings. The zero-order chi connectivity index (χ0) is 21.2. The largest absolute Gasteiger partial charge is 0.493 e. The Balaban J connectivity index is 1.65. The highest BCUT2D eigenvalue weighted by Gasteiger charge is 2.52. The van der Waals surface area contributed by atoms with E-state index in [0.29, 0.717) is 30.9 Å². The summed E-state index contributed by atoms with van der Waals surface area (Å²) in [5.41, 5.74) is -0.0831. The van der Waals surface area contributed by atoms with Gasteiger partial charge in [0.05, 0.1) is 13.8 Å². The summed E-state index contributed by atoms with van der Waals surface area (Å²) < 4.78 is 34.8. The first-order valence-electron chi connectivity index (χ1n) is 9.68. The van der Waals surface area contributed by atoms with Crippen LogP contribution in [0, 0.1) is 5.92 Å². The predicted molar refractivity (Wildman–Crippen MR) is 102 cm³/mol. The van der Waals surface area contributed by atoms with Crippen LogP contribution < -0.4 is 14.8 Å². The van der Waals surface area contributed by atoms with E-state index < -0.39 is 12.2 Å². The van der Waals surface area contributed by atoms with Gasteiger partial charge in [0.15, 0.2) is 11.5 Å². The molecule has 0 bridgehead atoms. The number of imide groups is 1. The lowest BCUT2D eigenvalue weighted by Gasteiger charge is -2.33. The minimum atomic E-state index is -2.96. The lowest BCUT2D eigenvalue weighted by Crippen LogP contribution is -2.49. The number of ether oxygens (including phenoxy) is 2. The summed E-state index contributed by atoms with van der Waals surface area (Å²) in [5.74, 6) is 0.525. The van der Waals surface area contributed by atoms with E-state index in [0.717, 1.165) is 12.8 Å². The fraction of sp³-hybridized carbons (Fsp3) is 0.600. The molecule has 3 rings (SSSR count). The van der Waals surface area contributed by atoms with Gasteiger partial charge >= 0.3 is 12.6 Å². The molecule has 1 aliphatic heterocycles. The Labute approximate surface area is 168 Å². The molecule has 0 aromatic heterocycles. The third-order valence-electron chi connectivity index (χ3n) is 5.65. The Kier molecular flexibility index (Phi) is 6.26. The van der Waals surface area contributed by atoms with Crippen molar-refractivity contribution in [3.05, 3.63) is 23.8 Å². The molecule has 0 unspecified atom stereocenters. The van der Waals surface area contributed by atoms with Crippen molar-refractivity contribution in [3.63, 3.8) is 0 Å². The van der Waals surface area contributed by atoms with Gasteiger partial charge in [0.1, 0.15) is 5.54 Å². The topological polar surface area (TPSA) is 71.1 Å². The van der Waals surface area contributed by atoms with Gasteiger partial charge in [-0.3, -0.25) is 9.69 Å². The van der Waals surface area contributed by atoms with Gasteiger partial charge in [-0.25, -0.2) is 9.69 Å². The van der Waals surface area contributed by atoms with Crippen molar-refractivity contribution in [1.82, 2.24) is 15.1 Å². The van der Waals surface area contributed by atoms with Gasteiger partial charge < -0.3 is 14.8 Å². The van der Waals surface area contributed by atoms with E-state index >= 15 is 0 Å². The second-order valence-corrected chi connectivity index (χ2v) is 7.95. The van der Waals surface area contributed by atoms with E-state index in [1.54, 1.807) is 24.1 Å². The van der Waals surface area contributed by atoms with Crippen LogP contribution in [0.25, 0.3) is 0 Å². The number of methoxy groups -OCH3 is 1. The molecule has 1 aromatic rings. The first-order valence-corrected chi connectivity index (χ1v) is 9.68. The van der Waals surface area contributed by atoms with Crippen LogP contribution in [0.15, 0.2) is 18.2 Å². The van der Waals surface area contributed by atoms with E-state index in [4.69, 9.17) is 4.74 Å². The minimum absolute atomic E-state index is 0.0568. The number of rotatable bonds is 7. The van der Waals surface area contributed by atoms with Gasteiger partial charge in [-0.15, -0.1) is 0 Å². The van der Waals surface area contributed by atoms with Crippen LogP contribution in [0.2, 0.25) is 0 Å². The zero-order valence-electron chi connectivity index (χ0n) is 16.9. The maximum Gasteiger partial charge on any atom is 0.387 e. The van der Waals surface area contributed by atoms with E-state index in [9.17, 15) is 18.4 Å². The van der Waals surface area contributed by atoms with Gasteiger partial charge in [-0.05, 0) is 56.3 Å². The van der Waals surface area contributed by atoms with Crippen LogP contribution in [-0.4, -0.2) is 54.7 Å². The zero-order valence-corrected chi connectivity index (χ0v) is 16.9. The number of hydrogen-bond donors (Lipinski definition) is 1. The molecule has 160 valence electrons. The highest BCUT2D eigenvalue weighted by Crippen LogP contribution is 2.36. The first-order chi connectivity index (χ1) is 13.7. The minimum Gasteiger partial charge on any atom is -0.493 e. The fourth-order valence-corrected chi connectivity index (χ4v) is 4.01. The number of amides is 3. The second-order valence-electron chi connectivity index (χ2n) is 7.95. The summed E-state index contributed by atoms with van der Waals surface area (Å²) in [5, 5.41) is 2.90. The molecule has 1 aliphatic carbocycles. The van der Waals surface area contributed by atoms with E-state index in [-0.39, 0.29) is 30.1 Å². The van der Waals surface area contributed by atoms with Crippen molar-refractivity contribution in [1.29, 1.82) is 0 Å². The van der Waals surface area contributed by atoms with Crippen LogP contribution in [0.4, 0.5) is 13.6 Å². The lowest BCUT2D eigenvalue weighted by molar-refractivity contribution is -0.134. The monoisotopic (exact) mass is 411 g/mol. The highest BCUT2D eigenvalue weighted by molar-refractivity contribution is 6.07. The third-order valence-corrected chi connectivity index (χ3v) is 5.65. The summed E-state index contributed by atoms with van der Waals surface area (Å²) in [7, 11) is 3.13. The van der Waals surface area contributed by atoms with Crippen molar-refractivity contribution in [2.45, 2.75) is 51.3 Å². The maximum atomic E-state index is 12.9. The van der Waals surface area contributed by atoms with Gasteiger partial charge in [0.25, 0.3) is 5.91 Å². The van der Waals surface area contributed by atoms with Crippen LogP contribution in [0.3, 0.4) is 0 Å². The van der Waals surface area contributed by atoms with Crippen LogP contribution >= 0.6 is 0 Å². The summed E-state index contributed by atoms with van der Waals surface area (Å²) >= 11 is 0.